The van der Waals surface area contributed by atoms with Crippen LogP contribution in [0, 0.1) is 0 Å². The van der Waals surface area contributed by atoms with Crippen molar-refractivity contribution in [2.75, 3.05) is 0 Å². The van der Waals surface area contributed by atoms with Gasteiger partial charge >= 0.3 is 5.97 Å². The first kappa shape index (κ1) is 12.4. The molecule has 0 aliphatic rings. The molecule has 0 fully saturated rings. The van der Waals surface area contributed by atoms with Crippen molar-refractivity contribution in [2.45, 2.75) is 39.6 Å². The fourth-order valence-corrected chi connectivity index (χ4v) is 4.10. The highest BCUT2D eigenvalue weighted by Gasteiger charge is 2.27. The molecule has 0 bridgehead atoms. The van der Waals surface area contributed by atoms with Crippen LogP contribution >= 0.6 is 0 Å². The van der Waals surface area contributed by atoms with Crippen LogP contribution in [0.25, 0.3) is 0 Å². The maximum atomic E-state index is 10.7. The lowest BCUT2D eigenvalue weighted by Gasteiger charge is -2.25. The number of rotatable bonds is 3. The third-order valence-electron chi connectivity index (χ3n) is 1.95. The molecule has 13 heavy (non-hydrogen) atoms. The third-order valence-corrected chi connectivity index (χ3v) is 4.36. The number of hydrogen-bond donors (Lipinski definition) is 2. The van der Waals surface area contributed by atoms with Crippen LogP contribution in [-0.2, 0) is 4.79 Å². The molecule has 0 aliphatic heterocycles. The Hall–Kier alpha value is -0.613. The molecule has 76 valence electrons. The number of carbonyl (C=O) groups is 1. The number of carboxylic acids is 1. The minimum absolute atomic E-state index is 0.300. The first-order valence-corrected chi connectivity index (χ1v) is 7.80. The van der Waals surface area contributed by atoms with Crippen molar-refractivity contribution < 1.29 is 15.0 Å². The fourth-order valence-electron chi connectivity index (χ4n) is 1.62. The normalized spacial score (nSPS) is 16.5. The molecule has 4 heteroatoms. The molecule has 0 heterocycles. The average Bonchev–Trinajstić information content (AvgIpc) is 1.82. The average molecular weight is 202 g/mol. The van der Waals surface area contributed by atoms with Gasteiger partial charge in [0.2, 0.25) is 0 Å². The number of aliphatic hydroxyl groups is 1. The molecule has 1 atom stereocenters. The lowest BCUT2D eigenvalue weighted by atomic mass is 10.2. The van der Waals surface area contributed by atoms with Gasteiger partial charge in [-0.25, -0.2) is 4.79 Å². The second kappa shape index (κ2) is 4.06. The van der Waals surface area contributed by atoms with Crippen molar-refractivity contribution in [3.05, 3.63) is 10.8 Å². The Morgan fingerprint density at radius 2 is 1.69 bits per heavy atom. The Kier molecular flexibility index (Phi) is 3.87. The van der Waals surface area contributed by atoms with Gasteiger partial charge in [0.25, 0.3) is 0 Å². The van der Waals surface area contributed by atoms with Crippen LogP contribution in [0.5, 0.6) is 0 Å². The van der Waals surface area contributed by atoms with Crippen molar-refractivity contribution in [1.82, 2.24) is 0 Å². The molecule has 0 aliphatic carbocycles. The molecular weight excluding hydrogens is 184 g/mol. The molecule has 2 N–H and O–H groups in total. The Labute approximate surface area is 80.1 Å². The second-order valence-electron chi connectivity index (χ2n) is 4.27. The van der Waals surface area contributed by atoms with E-state index in [4.69, 9.17) is 5.11 Å². The summed E-state index contributed by atoms with van der Waals surface area (Å²) < 4.78 is 0. The van der Waals surface area contributed by atoms with Crippen molar-refractivity contribution in [3.8, 4) is 0 Å². The maximum absolute atomic E-state index is 10.7. The SMILES string of the molecule is C/C(C(=O)O)=C(/C(C)O)[Si](C)(C)C. The van der Waals surface area contributed by atoms with Gasteiger partial charge in [0.1, 0.15) is 0 Å². The number of carboxylic acid groups (broad SMARTS) is 1. The predicted molar refractivity (Wildman–Crippen MR) is 55.4 cm³/mol. The Morgan fingerprint density at radius 3 is 1.77 bits per heavy atom. The summed E-state index contributed by atoms with van der Waals surface area (Å²) in [6, 6.07) is 0. The van der Waals surface area contributed by atoms with E-state index in [0.29, 0.717) is 5.57 Å². The van der Waals surface area contributed by atoms with E-state index in [-0.39, 0.29) is 0 Å². The van der Waals surface area contributed by atoms with Crippen molar-refractivity contribution in [3.63, 3.8) is 0 Å². The van der Waals surface area contributed by atoms with Crippen molar-refractivity contribution >= 4 is 14.0 Å². The lowest BCUT2D eigenvalue weighted by Crippen LogP contribution is -2.33. The van der Waals surface area contributed by atoms with Crippen molar-refractivity contribution in [2.24, 2.45) is 0 Å². The summed E-state index contributed by atoms with van der Waals surface area (Å²) in [6.45, 7) is 9.27. The summed E-state index contributed by atoms with van der Waals surface area (Å²) in [5, 5.41) is 19.0. The van der Waals surface area contributed by atoms with Gasteiger partial charge in [-0.1, -0.05) is 19.6 Å². The van der Waals surface area contributed by atoms with E-state index in [1.807, 2.05) is 19.6 Å². The quantitative estimate of drug-likeness (QED) is 0.540. The molecule has 0 rings (SSSR count). The van der Waals surface area contributed by atoms with Crippen LogP contribution in [0.3, 0.4) is 0 Å². The predicted octanol–water partition coefficient (Wildman–Crippen LogP) is 1.65. The summed E-state index contributed by atoms with van der Waals surface area (Å²) in [4.78, 5) is 10.7. The number of hydrogen-bond acceptors (Lipinski definition) is 2. The van der Waals surface area contributed by atoms with Crippen LogP contribution in [0.1, 0.15) is 13.8 Å². The van der Waals surface area contributed by atoms with E-state index >= 15 is 0 Å². The standard InChI is InChI=1S/C9H18O3Si/c1-6(9(11)12)8(7(2)10)13(3,4)5/h7,10H,1-5H3,(H,11,12)/b8-6+. The summed E-state index contributed by atoms with van der Waals surface area (Å²) in [5.74, 6) is -0.932. The van der Waals surface area contributed by atoms with E-state index in [0.717, 1.165) is 5.20 Å². The van der Waals surface area contributed by atoms with E-state index in [9.17, 15) is 9.90 Å². The minimum atomic E-state index is -1.73. The first-order chi connectivity index (χ1) is 5.68. The van der Waals surface area contributed by atoms with E-state index in [1.165, 1.54) is 0 Å². The van der Waals surface area contributed by atoms with E-state index < -0.39 is 20.1 Å². The Balaban J connectivity index is 5.26. The van der Waals surface area contributed by atoms with Gasteiger partial charge in [0.05, 0.1) is 14.2 Å². The highest BCUT2D eigenvalue weighted by atomic mass is 28.3. The van der Waals surface area contributed by atoms with Gasteiger partial charge in [-0.05, 0) is 19.0 Å². The number of aliphatic carboxylic acids is 1. The smallest absolute Gasteiger partial charge is 0.330 e. The lowest BCUT2D eigenvalue weighted by molar-refractivity contribution is -0.132. The maximum Gasteiger partial charge on any atom is 0.330 e. The zero-order valence-electron chi connectivity index (χ0n) is 8.88. The zero-order chi connectivity index (χ0) is 10.8. The highest BCUT2D eigenvalue weighted by molar-refractivity contribution is 6.83. The van der Waals surface area contributed by atoms with Gasteiger partial charge in [-0.15, -0.1) is 0 Å². The van der Waals surface area contributed by atoms with Crippen molar-refractivity contribution in [1.29, 1.82) is 0 Å². The highest BCUT2D eigenvalue weighted by Crippen LogP contribution is 2.22. The topological polar surface area (TPSA) is 57.5 Å². The summed E-state index contributed by atoms with van der Waals surface area (Å²) in [5.41, 5.74) is 0.300. The van der Waals surface area contributed by atoms with Crippen LogP contribution in [-0.4, -0.2) is 30.4 Å². The summed E-state index contributed by atoms with van der Waals surface area (Å²) in [7, 11) is -1.73. The van der Waals surface area contributed by atoms with Crippen LogP contribution in [0.15, 0.2) is 10.8 Å². The monoisotopic (exact) mass is 202 g/mol. The molecular formula is C9H18O3Si. The summed E-state index contributed by atoms with van der Waals surface area (Å²) in [6.07, 6.45) is -0.650. The molecule has 0 aromatic rings. The number of aliphatic hydroxyl groups excluding tert-OH is 1. The second-order valence-corrected chi connectivity index (χ2v) is 9.31. The van der Waals surface area contributed by atoms with Gasteiger partial charge in [0, 0.05) is 5.57 Å². The Bertz CT molecular complexity index is 236. The van der Waals surface area contributed by atoms with Crippen LogP contribution < -0.4 is 0 Å². The van der Waals surface area contributed by atoms with E-state index in [2.05, 4.69) is 0 Å². The van der Waals surface area contributed by atoms with Gasteiger partial charge in [-0.3, -0.25) is 0 Å². The molecule has 0 aromatic carbocycles. The molecule has 1 unspecified atom stereocenters. The minimum Gasteiger partial charge on any atom is -0.478 e. The summed E-state index contributed by atoms with van der Waals surface area (Å²) >= 11 is 0. The van der Waals surface area contributed by atoms with Gasteiger partial charge in [0.15, 0.2) is 0 Å². The largest absolute Gasteiger partial charge is 0.478 e. The molecule has 0 spiro atoms. The van der Waals surface area contributed by atoms with E-state index in [1.54, 1.807) is 13.8 Å². The fraction of sp³-hybridized carbons (Fsp3) is 0.667. The molecule has 0 amide bonds. The Morgan fingerprint density at radius 1 is 1.31 bits per heavy atom. The molecule has 0 saturated carbocycles. The van der Waals surface area contributed by atoms with Gasteiger partial charge in [-0.2, -0.15) is 0 Å². The first-order valence-electron chi connectivity index (χ1n) is 4.30. The van der Waals surface area contributed by atoms with Gasteiger partial charge < -0.3 is 10.2 Å². The molecule has 0 saturated heterocycles. The van der Waals surface area contributed by atoms with Crippen LogP contribution in [0.4, 0.5) is 0 Å². The zero-order valence-corrected chi connectivity index (χ0v) is 9.88. The molecule has 3 nitrogen and oxygen atoms in total. The third kappa shape index (κ3) is 3.32. The molecule has 0 aromatic heterocycles. The van der Waals surface area contributed by atoms with Crippen LogP contribution in [0.2, 0.25) is 19.6 Å². The molecule has 0 radical (unpaired) electrons.